The molecule has 0 saturated carbocycles. The number of hydrogen-bond acceptors (Lipinski definition) is 4. The highest BCUT2D eigenvalue weighted by Crippen LogP contribution is 2.05. The van der Waals surface area contributed by atoms with Gasteiger partial charge in [-0.25, -0.2) is 14.7 Å². The minimum absolute atomic E-state index is 0.130. The lowest BCUT2D eigenvalue weighted by Crippen LogP contribution is -2.43. The number of carbonyl (C=O) groups excluding carboxylic acids is 1. The maximum absolute atomic E-state index is 11.6. The van der Waals surface area contributed by atoms with Gasteiger partial charge in [0.1, 0.15) is 6.04 Å². The number of carbonyl (C=O) groups is 2. The first kappa shape index (κ1) is 14.7. The molecule has 0 saturated heterocycles. The quantitative estimate of drug-likeness (QED) is 0.615. The molecular weight excluding hydrogens is 252 g/mol. The molecule has 0 spiro atoms. The predicted molar refractivity (Wildman–Crippen MR) is 67.9 cm³/mol. The summed E-state index contributed by atoms with van der Waals surface area (Å²) in [6, 6.07) is 0.859. The number of aromatic amines is 1. The molecule has 0 radical (unpaired) electrons. The fourth-order valence-corrected chi connectivity index (χ4v) is 1.42. The van der Waals surface area contributed by atoms with Crippen LogP contribution in [0.3, 0.4) is 0 Å². The highest BCUT2D eigenvalue weighted by molar-refractivity contribution is 5.91. The van der Waals surface area contributed by atoms with E-state index in [1.54, 1.807) is 0 Å². The number of carboxylic acids is 1. The average Bonchev–Trinajstić information content (AvgIpc) is 2.30. The van der Waals surface area contributed by atoms with E-state index in [-0.39, 0.29) is 11.7 Å². The topological polar surface area (TPSA) is 124 Å². The van der Waals surface area contributed by atoms with Crippen molar-refractivity contribution in [2.24, 2.45) is 5.92 Å². The predicted octanol–water partition coefficient (Wildman–Crippen LogP) is 0.391. The third-order valence-electron chi connectivity index (χ3n) is 2.23. The molecule has 0 aliphatic heterocycles. The van der Waals surface area contributed by atoms with E-state index in [1.165, 1.54) is 12.1 Å². The number of urea groups is 1. The fraction of sp³-hybridized carbons (Fsp3) is 0.455. The molecule has 2 amide bonds. The molecule has 8 heteroatoms. The van der Waals surface area contributed by atoms with Crippen molar-refractivity contribution in [2.75, 3.05) is 5.32 Å². The summed E-state index contributed by atoms with van der Waals surface area (Å²) in [6.45, 7) is 3.72. The minimum Gasteiger partial charge on any atom is -0.480 e. The number of H-pyrrole nitrogens is 1. The van der Waals surface area contributed by atoms with E-state index in [1.807, 2.05) is 13.8 Å². The number of nitrogens with one attached hydrogen (secondary N) is 3. The molecule has 0 aromatic carbocycles. The summed E-state index contributed by atoms with van der Waals surface area (Å²) in [4.78, 5) is 33.3. The third-order valence-corrected chi connectivity index (χ3v) is 2.23. The number of carboxylic acid groups (broad SMARTS) is 1. The highest BCUT2D eigenvalue weighted by Gasteiger charge is 2.21. The summed E-state index contributed by atoms with van der Waals surface area (Å²) >= 11 is 0. The molecule has 4 N–H and O–H groups in total. The van der Waals surface area contributed by atoms with Gasteiger partial charge in [-0.15, -0.1) is 0 Å². The Kier molecular flexibility index (Phi) is 5.04. The van der Waals surface area contributed by atoms with Gasteiger partial charge < -0.3 is 10.4 Å². The fourth-order valence-electron chi connectivity index (χ4n) is 1.42. The molecule has 19 heavy (non-hydrogen) atoms. The van der Waals surface area contributed by atoms with Crippen LogP contribution in [-0.2, 0) is 4.79 Å². The van der Waals surface area contributed by atoms with Crippen LogP contribution in [0.2, 0.25) is 0 Å². The molecule has 1 aromatic heterocycles. The van der Waals surface area contributed by atoms with Crippen molar-refractivity contribution in [1.82, 2.24) is 15.5 Å². The molecule has 8 nitrogen and oxygen atoms in total. The normalized spacial score (nSPS) is 11.9. The first-order valence-corrected chi connectivity index (χ1v) is 5.74. The van der Waals surface area contributed by atoms with Crippen LogP contribution >= 0.6 is 0 Å². The maximum Gasteiger partial charge on any atom is 0.326 e. The SMILES string of the molecule is CC(C)CC(NC(=O)Nc1ccc(=O)[nH]n1)C(=O)O. The zero-order chi connectivity index (χ0) is 14.4. The average molecular weight is 268 g/mol. The first-order chi connectivity index (χ1) is 8.88. The van der Waals surface area contributed by atoms with E-state index in [9.17, 15) is 14.4 Å². The molecular formula is C11H16N4O4. The Labute approximate surface area is 109 Å². The number of amides is 2. The number of aliphatic carboxylic acids is 1. The standard InChI is InChI=1S/C11H16N4O4/c1-6(2)5-7(10(17)18)12-11(19)13-8-3-4-9(16)15-14-8/h3-4,6-7H,5H2,1-2H3,(H,15,16)(H,17,18)(H2,12,13,14,19). The Bertz CT molecular complexity index is 491. The van der Waals surface area contributed by atoms with Gasteiger partial charge >= 0.3 is 12.0 Å². The molecule has 0 aliphatic rings. The summed E-state index contributed by atoms with van der Waals surface area (Å²) in [5.41, 5.74) is -0.394. The summed E-state index contributed by atoms with van der Waals surface area (Å²) in [6.07, 6.45) is 0.321. The van der Waals surface area contributed by atoms with E-state index < -0.39 is 23.6 Å². The summed E-state index contributed by atoms with van der Waals surface area (Å²) in [7, 11) is 0. The molecule has 1 heterocycles. The molecule has 1 aromatic rings. The number of aromatic nitrogens is 2. The van der Waals surface area contributed by atoms with Crippen molar-refractivity contribution < 1.29 is 14.7 Å². The second-order valence-electron chi connectivity index (χ2n) is 4.43. The van der Waals surface area contributed by atoms with Crippen molar-refractivity contribution in [3.63, 3.8) is 0 Å². The lowest BCUT2D eigenvalue weighted by molar-refractivity contribution is -0.139. The smallest absolute Gasteiger partial charge is 0.326 e. The lowest BCUT2D eigenvalue weighted by Gasteiger charge is -2.16. The minimum atomic E-state index is -1.10. The van der Waals surface area contributed by atoms with Gasteiger partial charge in [0.25, 0.3) is 5.56 Å². The van der Waals surface area contributed by atoms with Crippen LogP contribution in [-0.4, -0.2) is 33.3 Å². The second-order valence-corrected chi connectivity index (χ2v) is 4.43. The van der Waals surface area contributed by atoms with Gasteiger partial charge in [-0.3, -0.25) is 10.1 Å². The first-order valence-electron chi connectivity index (χ1n) is 5.74. The van der Waals surface area contributed by atoms with Gasteiger partial charge in [0, 0.05) is 6.07 Å². The van der Waals surface area contributed by atoms with E-state index in [4.69, 9.17) is 5.11 Å². The van der Waals surface area contributed by atoms with Crippen LogP contribution < -0.4 is 16.2 Å². The van der Waals surface area contributed by atoms with Crippen LogP contribution in [0, 0.1) is 5.92 Å². The van der Waals surface area contributed by atoms with Crippen molar-refractivity contribution in [1.29, 1.82) is 0 Å². The Morgan fingerprint density at radius 3 is 2.58 bits per heavy atom. The van der Waals surface area contributed by atoms with Crippen LogP contribution in [0.5, 0.6) is 0 Å². The Morgan fingerprint density at radius 2 is 2.11 bits per heavy atom. The zero-order valence-corrected chi connectivity index (χ0v) is 10.6. The van der Waals surface area contributed by atoms with Crippen molar-refractivity contribution in [2.45, 2.75) is 26.3 Å². The Balaban J connectivity index is 2.59. The molecule has 104 valence electrons. The van der Waals surface area contributed by atoms with Crippen LogP contribution in [0.4, 0.5) is 10.6 Å². The van der Waals surface area contributed by atoms with E-state index >= 15 is 0 Å². The van der Waals surface area contributed by atoms with E-state index in [0.717, 1.165) is 0 Å². The van der Waals surface area contributed by atoms with Gasteiger partial charge in [-0.1, -0.05) is 13.8 Å². The lowest BCUT2D eigenvalue weighted by atomic mass is 10.0. The van der Waals surface area contributed by atoms with Crippen LogP contribution in [0.1, 0.15) is 20.3 Å². The Morgan fingerprint density at radius 1 is 1.42 bits per heavy atom. The molecule has 0 aliphatic carbocycles. The number of anilines is 1. The van der Waals surface area contributed by atoms with Crippen LogP contribution in [0.25, 0.3) is 0 Å². The third kappa shape index (κ3) is 5.19. The summed E-state index contributed by atoms with van der Waals surface area (Å²) in [5.74, 6) is -0.836. The van der Waals surface area contributed by atoms with Crippen LogP contribution in [0.15, 0.2) is 16.9 Å². The highest BCUT2D eigenvalue weighted by atomic mass is 16.4. The van der Waals surface area contributed by atoms with Crippen molar-refractivity contribution >= 4 is 17.8 Å². The van der Waals surface area contributed by atoms with Gasteiger partial charge in [0.05, 0.1) is 0 Å². The molecule has 1 atom stereocenters. The van der Waals surface area contributed by atoms with Gasteiger partial charge in [-0.05, 0) is 18.4 Å². The van der Waals surface area contributed by atoms with Crippen molar-refractivity contribution in [3.8, 4) is 0 Å². The van der Waals surface area contributed by atoms with Gasteiger partial charge in [0.15, 0.2) is 5.82 Å². The number of nitrogens with zero attached hydrogens (tertiary/aromatic N) is 1. The number of hydrogen-bond donors (Lipinski definition) is 4. The largest absolute Gasteiger partial charge is 0.480 e. The molecule has 0 bridgehead atoms. The van der Waals surface area contributed by atoms with Gasteiger partial charge in [0.2, 0.25) is 0 Å². The summed E-state index contributed by atoms with van der Waals surface area (Å²) < 4.78 is 0. The van der Waals surface area contributed by atoms with E-state index in [0.29, 0.717) is 6.42 Å². The molecule has 1 rings (SSSR count). The molecule has 0 fully saturated rings. The zero-order valence-electron chi connectivity index (χ0n) is 10.6. The summed E-state index contributed by atoms with van der Waals surface area (Å²) in [5, 5.41) is 19.4. The maximum atomic E-state index is 11.6. The van der Waals surface area contributed by atoms with Crippen molar-refractivity contribution in [3.05, 3.63) is 22.5 Å². The van der Waals surface area contributed by atoms with Gasteiger partial charge in [-0.2, -0.15) is 5.10 Å². The van der Waals surface area contributed by atoms with E-state index in [2.05, 4.69) is 20.8 Å². The Hall–Kier alpha value is -2.38. The number of rotatable bonds is 5. The monoisotopic (exact) mass is 268 g/mol. The second kappa shape index (κ2) is 6.53. The molecule has 1 unspecified atom stereocenters.